The molecule has 1 atom stereocenters. The number of allylic oxidation sites excluding steroid dienone is 7. The van der Waals surface area contributed by atoms with Gasteiger partial charge < -0.3 is 4.90 Å². The first-order valence-electron chi connectivity index (χ1n) is 18.2. The molecule has 0 fully saturated rings. The molecule has 50 heavy (non-hydrogen) atoms. The molecule has 0 bridgehead atoms. The SMILES string of the molecule is [B]c1ccc(Cc2cc(N(C3=CCCC=C3)c3ccc4c(c3)-c3ccccc3C4)ccc2B(C2=C(C)C=CC(C)C2)c2ccccc2C)cc1. The number of rotatable bonds is 8. The highest BCUT2D eigenvalue weighted by atomic mass is 15.1. The second-order valence-electron chi connectivity index (χ2n) is 14.5. The van der Waals surface area contributed by atoms with Gasteiger partial charge in [-0.05, 0) is 116 Å². The molecule has 8 rings (SSSR count). The molecule has 2 radical (unpaired) electrons. The second-order valence-corrected chi connectivity index (χ2v) is 14.5. The van der Waals surface area contributed by atoms with Gasteiger partial charge in [-0.15, -0.1) is 0 Å². The Morgan fingerprint density at radius 3 is 2.32 bits per heavy atom. The zero-order valence-electron chi connectivity index (χ0n) is 29.5. The van der Waals surface area contributed by atoms with Crippen molar-refractivity contribution in [3.05, 3.63) is 184 Å². The summed E-state index contributed by atoms with van der Waals surface area (Å²) in [5, 5.41) is 0. The van der Waals surface area contributed by atoms with E-state index in [-0.39, 0.29) is 6.71 Å². The second kappa shape index (κ2) is 13.7. The maximum Gasteiger partial charge on any atom is 0.238 e. The zero-order chi connectivity index (χ0) is 34.2. The minimum Gasteiger partial charge on any atom is -0.311 e. The van der Waals surface area contributed by atoms with Crippen molar-refractivity contribution in [2.45, 2.75) is 52.9 Å². The molecule has 1 unspecified atom stereocenters. The predicted octanol–water partition coefficient (Wildman–Crippen LogP) is 9.38. The van der Waals surface area contributed by atoms with Gasteiger partial charge in [0.1, 0.15) is 7.85 Å². The predicted molar refractivity (Wildman–Crippen MR) is 216 cm³/mol. The summed E-state index contributed by atoms with van der Waals surface area (Å²) < 4.78 is 0. The molecule has 0 saturated carbocycles. The van der Waals surface area contributed by atoms with Crippen LogP contribution in [0.2, 0.25) is 0 Å². The lowest BCUT2D eigenvalue weighted by molar-refractivity contribution is 0.720. The molecule has 3 heteroatoms. The van der Waals surface area contributed by atoms with Crippen LogP contribution in [-0.2, 0) is 12.8 Å². The third kappa shape index (κ3) is 6.27. The number of aryl methyl sites for hydroxylation is 1. The van der Waals surface area contributed by atoms with Crippen molar-refractivity contribution >= 4 is 42.3 Å². The van der Waals surface area contributed by atoms with Gasteiger partial charge in [0.25, 0.3) is 0 Å². The Hall–Kier alpha value is -5.01. The maximum absolute atomic E-state index is 6.16. The fourth-order valence-electron chi connectivity index (χ4n) is 8.28. The van der Waals surface area contributed by atoms with E-state index in [0.29, 0.717) is 5.92 Å². The highest BCUT2D eigenvalue weighted by molar-refractivity contribution is 6.91. The summed E-state index contributed by atoms with van der Waals surface area (Å²) in [6.45, 7) is 7.07. The topological polar surface area (TPSA) is 3.24 Å². The Balaban J connectivity index is 1.32. The Bertz CT molecular complexity index is 2200. The van der Waals surface area contributed by atoms with E-state index in [1.807, 2.05) is 12.1 Å². The largest absolute Gasteiger partial charge is 0.311 e. The molecule has 0 spiro atoms. The molecule has 0 aromatic heterocycles. The summed E-state index contributed by atoms with van der Waals surface area (Å²) in [5.41, 5.74) is 19.6. The highest BCUT2D eigenvalue weighted by Crippen LogP contribution is 2.41. The molecular formula is C47H43B2N. The number of nitrogens with zero attached hydrogens (tertiary/aromatic N) is 1. The van der Waals surface area contributed by atoms with Crippen LogP contribution in [0, 0.1) is 12.8 Å². The molecule has 3 aliphatic rings. The Kier molecular flexibility index (Phi) is 8.84. The normalized spacial score (nSPS) is 16.2. The molecule has 0 heterocycles. The van der Waals surface area contributed by atoms with Gasteiger partial charge in [0.05, 0.1) is 0 Å². The van der Waals surface area contributed by atoms with Gasteiger partial charge >= 0.3 is 0 Å². The van der Waals surface area contributed by atoms with Gasteiger partial charge in [0.15, 0.2) is 0 Å². The summed E-state index contributed by atoms with van der Waals surface area (Å²) in [5.74, 6) is 0.505. The van der Waals surface area contributed by atoms with Gasteiger partial charge in [-0.25, -0.2) is 0 Å². The molecule has 5 aromatic carbocycles. The van der Waals surface area contributed by atoms with E-state index in [1.165, 1.54) is 78.0 Å². The van der Waals surface area contributed by atoms with Crippen LogP contribution >= 0.6 is 0 Å². The average Bonchev–Trinajstić information content (AvgIpc) is 3.51. The number of hydrogen-bond donors (Lipinski definition) is 0. The van der Waals surface area contributed by atoms with Crippen LogP contribution < -0.4 is 21.3 Å². The summed E-state index contributed by atoms with van der Waals surface area (Å²) >= 11 is 0. The van der Waals surface area contributed by atoms with Gasteiger partial charge in [-0.2, -0.15) is 0 Å². The van der Waals surface area contributed by atoms with E-state index >= 15 is 0 Å². The Labute approximate surface area is 300 Å². The minimum absolute atomic E-state index is 0.167. The molecule has 0 amide bonds. The third-order valence-corrected chi connectivity index (χ3v) is 10.9. The van der Waals surface area contributed by atoms with Crippen LogP contribution in [0.1, 0.15) is 60.9 Å². The van der Waals surface area contributed by atoms with Crippen LogP contribution in [0.25, 0.3) is 11.1 Å². The fourth-order valence-corrected chi connectivity index (χ4v) is 8.28. The van der Waals surface area contributed by atoms with Gasteiger partial charge in [-0.3, -0.25) is 0 Å². The molecular weight excluding hydrogens is 600 g/mol. The van der Waals surface area contributed by atoms with Crippen LogP contribution in [0.5, 0.6) is 0 Å². The van der Waals surface area contributed by atoms with Crippen molar-refractivity contribution in [1.82, 2.24) is 0 Å². The minimum atomic E-state index is 0.167. The van der Waals surface area contributed by atoms with Gasteiger partial charge in [0.2, 0.25) is 6.71 Å². The smallest absolute Gasteiger partial charge is 0.238 e. The molecule has 5 aromatic rings. The number of benzene rings is 5. The highest BCUT2D eigenvalue weighted by Gasteiger charge is 2.31. The monoisotopic (exact) mass is 643 g/mol. The fraction of sp³-hybridized carbons (Fsp3) is 0.191. The molecule has 0 aliphatic heterocycles. The summed E-state index contributed by atoms with van der Waals surface area (Å²) in [4.78, 5) is 2.48. The standard InChI is InChI=1S/C47H43B2N/c1-32-17-18-34(3)47(27-32)49(45-16-10-7-11-33(45)2)46-26-25-41(30-38(46)28-35-19-22-39(48)23-20-35)50(40-13-5-4-6-14-40)42-24-21-37-29-36-12-8-9-15-43(36)44(37)31-42/h5,7-26,30-32H,4,6,27-29H2,1-3H3. The molecule has 242 valence electrons. The van der Waals surface area contributed by atoms with E-state index < -0.39 is 0 Å². The maximum atomic E-state index is 6.16. The van der Waals surface area contributed by atoms with Crippen molar-refractivity contribution in [3.8, 4) is 11.1 Å². The van der Waals surface area contributed by atoms with E-state index in [1.54, 1.807) is 0 Å². The van der Waals surface area contributed by atoms with E-state index in [4.69, 9.17) is 7.85 Å². The zero-order valence-corrected chi connectivity index (χ0v) is 29.5. The van der Waals surface area contributed by atoms with Crippen LogP contribution in [0.3, 0.4) is 0 Å². The number of anilines is 2. The van der Waals surface area contributed by atoms with Gasteiger partial charge in [0, 0.05) is 17.1 Å². The quantitative estimate of drug-likeness (QED) is 0.150. The van der Waals surface area contributed by atoms with Crippen molar-refractivity contribution in [1.29, 1.82) is 0 Å². The van der Waals surface area contributed by atoms with Crippen molar-refractivity contribution in [3.63, 3.8) is 0 Å². The molecule has 0 N–H and O–H groups in total. The van der Waals surface area contributed by atoms with Gasteiger partial charge in [-0.1, -0.05) is 149 Å². The summed E-state index contributed by atoms with van der Waals surface area (Å²) in [6, 6.07) is 40.6. The molecule has 3 aliphatic carbocycles. The van der Waals surface area contributed by atoms with Crippen LogP contribution in [0.15, 0.2) is 156 Å². The first-order valence-corrected chi connectivity index (χ1v) is 18.2. The van der Waals surface area contributed by atoms with Crippen LogP contribution in [-0.4, -0.2) is 14.6 Å². The Morgan fingerprint density at radius 1 is 0.740 bits per heavy atom. The summed E-state index contributed by atoms with van der Waals surface area (Å²) in [6.07, 6.45) is 16.7. The lowest BCUT2D eigenvalue weighted by Crippen LogP contribution is -2.48. The van der Waals surface area contributed by atoms with Crippen molar-refractivity contribution in [2.24, 2.45) is 5.92 Å². The summed E-state index contributed by atoms with van der Waals surface area (Å²) in [7, 11) is 6.16. The molecule has 0 saturated heterocycles. The number of fused-ring (bicyclic) bond motifs is 3. The third-order valence-electron chi connectivity index (χ3n) is 10.9. The van der Waals surface area contributed by atoms with E-state index in [2.05, 4.69) is 153 Å². The van der Waals surface area contributed by atoms with Crippen LogP contribution in [0.4, 0.5) is 11.4 Å². The van der Waals surface area contributed by atoms with Crippen molar-refractivity contribution in [2.75, 3.05) is 4.90 Å². The number of hydrogen-bond acceptors (Lipinski definition) is 1. The first-order chi connectivity index (χ1) is 24.4. The Morgan fingerprint density at radius 2 is 1.50 bits per heavy atom. The lowest BCUT2D eigenvalue weighted by atomic mass is 9.33. The van der Waals surface area contributed by atoms with Crippen molar-refractivity contribution < 1.29 is 0 Å². The van der Waals surface area contributed by atoms with E-state index in [0.717, 1.165) is 37.6 Å². The first kappa shape index (κ1) is 32.2. The average molecular weight is 643 g/mol. The lowest BCUT2D eigenvalue weighted by Gasteiger charge is -2.31. The van der Waals surface area contributed by atoms with E-state index in [9.17, 15) is 0 Å². The molecule has 1 nitrogen and oxygen atoms in total.